The summed E-state index contributed by atoms with van der Waals surface area (Å²) in [5, 5.41) is 2.82. The predicted molar refractivity (Wildman–Crippen MR) is 150 cm³/mol. The van der Waals surface area contributed by atoms with E-state index in [1.807, 2.05) is 41.0 Å². The van der Waals surface area contributed by atoms with Gasteiger partial charge in [0.1, 0.15) is 0 Å². The molecule has 2 aromatic carbocycles. The molecule has 0 saturated carbocycles. The van der Waals surface area contributed by atoms with Gasteiger partial charge in [-0.25, -0.2) is 4.79 Å². The molecule has 1 N–H and O–H groups in total. The summed E-state index contributed by atoms with van der Waals surface area (Å²) < 4.78 is 5.18. The molecule has 2 fully saturated rings. The summed E-state index contributed by atoms with van der Waals surface area (Å²) in [5.74, 6) is 0.00161. The minimum atomic E-state index is -0.198. The van der Waals surface area contributed by atoms with Crippen molar-refractivity contribution in [3.8, 4) is 11.1 Å². The van der Waals surface area contributed by atoms with Crippen LogP contribution in [-0.4, -0.2) is 73.1 Å². The van der Waals surface area contributed by atoms with E-state index in [2.05, 4.69) is 28.4 Å². The van der Waals surface area contributed by atoms with Gasteiger partial charge in [0.15, 0.2) is 0 Å². The van der Waals surface area contributed by atoms with Crippen LogP contribution in [0.4, 0.5) is 16.2 Å². The SMILES string of the molecule is CCOC(=O)N1CCC(N2CCC3(CC2)CN(C(C)=O)c2ccc(-c4ccc(NC(C)=O)cc4)cc23)CC1.[HH]. The Kier molecular flexibility index (Phi) is 7.43. The van der Waals surface area contributed by atoms with Crippen LogP contribution in [-0.2, 0) is 19.7 Å². The maximum absolute atomic E-state index is 12.6. The number of fused-ring (bicyclic) bond motifs is 2. The highest BCUT2D eigenvalue weighted by molar-refractivity contribution is 5.95. The lowest BCUT2D eigenvalue weighted by atomic mass is 9.73. The number of amides is 3. The molecular formula is C30H40N4O4. The number of ether oxygens (including phenoxy) is 1. The highest BCUT2D eigenvalue weighted by atomic mass is 16.6. The Morgan fingerprint density at radius 2 is 1.63 bits per heavy atom. The van der Waals surface area contributed by atoms with Crippen molar-refractivity contribution < 1.29 is 20.5 Å². The van der Waals surface area contributed by atoms with Crippen molar-refractivity contribution in [2.45, 2.75) is 57.9 Å². The molecule has 0 radical (unpaired) electrons. The molecule has 1 spiro atoms. The molecule has 0 aromatic heterocycles. The first-order chi connectivity index (χ1) is 18.3. The fourth-order valence-corrected chi connectivity index (χ4v) is 6.45. The number of carbonyl (C=O) groups is 3. The third-order valence-corrected chi connectivity index (χ3v) is 8.50. The van der Waals surface area contributed by atoms with Gasteiger partial charge < -0.3 is 24.8 Å². The van der Waals surface area contributed by atoms with Gasteiger partial charge >= 0.3 is 6.09 Å². The van der Waals surface area contributed by atoms with E-state index >= 15 is 0 Å². The van der Waals surface area contributed by atoms with E-state index in [9.17, 15) is 14.4 Å². The Hall–Kier alpha value is -3.39. The number of benzene rings is 2. The average molecular weight is 521 g/mol. The third-order valence-electron chi connectivity index (χ3n) is 8.50. The van der Waals surface area contributed by atoms with Gasteiger partial charge in [0.05, 0.1) is 6.61 Å². The molecule has 0 aliphatic carbocycles. The summed E-state index contributed by atoms with van der Waals surface area (Å²) in [6.45, 7) is 9.63. The number of nitrogens with one attached hydrogen (secondary N) is 1. The molecule has 0 bridgehead atoms. The summed E-state index contributed by atoms with van der Waals surface area (Å²) >= 11 is 0. The summed E-state index contributed by atoms with van der Waals surface area (Å²) in [4.78, 5) is 42.4. The second kappa shape index (κ2) is 10.8. The zero-order chi connectivity index (χ0) is 26.9. The molecular weight excluding hydrogens is 480 g/mol. The Bertz CT molecular complexity index is 1200. The van der Waals surface area contributed by atoms with Crippen molar-refractivity contribution in [2.75, 3.05) is 49.5 Å². The molecule has 0 atom stereocenters. The van der Waals surface area contributed by atoms with E-state index in [1.165, 1.54) is 12.5 Å². The molecule has 5 rings (SSSR count). The number of rotatable bonds is 4. The normalized spacial score (nSPS) is 19.3. The predicted octanol–water partition coefficient (Wildman–Crippen LogP) is 4.88. The molecule has 8 heteroatoms. The Labute approximate surface area is 226 Å². The van der Waals surface area contributed by atoms with Gasteiger partial charge in [-0.3, -0.25) is 9.59 Å². The second-order valence-corrected chi connectivity index (χ2v) is 10.8. The molecule has 3 aliphatic heterocycles. The van der Waals surface area contributed by atoms with Crippen molar-refractivity contribution in [1.29, 1.82) is 0 Å². The molecule has 0 unspecified atom stereocenters. The van der Waals surface area contributed by atoms with Crippen LogP contribution in [0, 0.1) is 0 Å². The van der Waals surface area contributed by atoms with Crippen molar-refractivity contribution in [1.82, 2.24) is 9.80 Å². The fraction of sp³-hybridized carbons (Fsp3) is 0.500. The van der Waals surface area contributed by atoms with Gasteiger partial charge in [0.25, 0.3) is 0 Å². The summed E-state index contributed by atoms with van der Waals surface area (Å²) in [6, 6.07) is 14.9. The number of piperidine rings is 2. The number of likely N-dealkylation sites (tertiary alicyclic amines) is 2. The van der Waals surface area contributed by atoms with Gasteiger partial charge in [-0.05, 0) is 86.7 Å². The van der Waals surface area contributed by atoms with Crippen molar-refractivity contribution in [3.63, 3.8) is 0 Å². The quantitative estimate of drug-likeness (QED) is 0.622. The van der Waals surface area contributed by atoms with Crippen LogP contribution in [0.5, 0.6) is 0 Å². The van der Waals surface area contributed by atoms with Crippen LogP contribution in [0.25, 0.3) is 11.1 Å². The second-order valence-electron chi connectivity index (χ2n) is 10.8. The van der Waals surface area contributed by atoms with Crippen LogP contribution in [0.15, 0.2) is 42.5 Å². The lowest BCUT2D eigenvalue weighted by Gasteiger charge is -2.45. The fourth-order valence-electron chi connectivity index (χ4n) is 6.45. The first-order valence-electron chi connectivity index (χ1n) is 13.8. The Morgan fingerprint density at radius 3 is 2.24 bits per heavy atom. The number of anilines is 2. The monoisotopic (exact) mass is 520 g/mol. The Balaban J connectivity index is 0.00000353. The molecule has 8 nitrogen and oxygen atoms in total. The van der Waals surface area contributed by atoms with Crippen LogP contribution in [0.2, 0.25) is 0 Å². The highest BCUT2D eigenvalue weighted by Crippen LogP contribution is 2.48. The van der Waals surface area contributed by atoms with Crippen LogP contribution in [0.3, 0.4) is 0 Å². The molecule has 2 saturated heterocycles. The van der Waals surface area contributed by atoms with Crippen LogP contribution < -0.4 is 10.2 Å². The number of hydrogen-bond acceptors (Lipinski definition) is 5. The summed E-state index contributed by atoms with van der Waals surface area (Å²) in [7, 11) is 0. The van der Waals surface area contributed by atoms with E-state index in [-0.39, 0.29) is 24.7 Å². The van der Waals surface area contributed by atoms with E-state index in [1.54, 1.807) is 6.92 Å². The number of carbonyl (C=O) groups excluding carboxylic acids is 3. The minimum Gasteiger partial charge on any atom is -0.450 e. The lowest BCUT2D eigenvalue weighted by molar-refractivity contribution is -0.116. The van der Waals surface area contributed by atoms with Crippen molar-refractivity contribution >= 4 is 29.3 Å². The molecule has 2 aromatic rings. The first-order valence-corrected chi connectivity index (χ1v) is 13.8. The zero-order valence-electron chi connectivity index (χ0n) is 22.7. The minimum absolute atomic E-state index is 0. The standard InChI is InChI=1S/C30H38N4O4.H2/c1-4-38-29(37)33-15-11-26(12-16-33)32-17-13-30(14-18-32)20-34(22(3)36)28-10-7-24(19-27(28)30)23-5-8-25(9-6-23)31-21(2)35;/h5-10,19,26H,4,11-18,20H2,1-3H3,(H,31,35);1H. The average Bonchev–Trinajstić information content (AvgIpc) is 3.23. The summed E-state index contributed by atoms with van der Waals surface area (Å²) in [6.07, 6.45) is 3.76. The van der Waals surface area contributed by atoms with Gasteiger partial charge in [-0.2, -0.15) is 0 Å². The van der Waals surface area contributed by atoms with E-state index in [0.717, 1.165) is 80.9 Å². The topological polar surface area (TPSA) is 82.2 Å². The van der Waals surface area contributed by atoms with Gasteiger partial charge in [0.2, 0.25) is 11.8 Å². The van der Waals surface area contributed by atoms with E-state index in [0.29, 0.717) is 12.6 Å². The number of nitrogens with zero attached hydrogens (tertiary/aromatic N) is 3. The molecule has 204 valence electrons. The van der Waals surface area contributed by atoms with Gasteiger partial charge in [-0.15, -0.1) is 0 Å². The molecule has 38 heavy (non-hydrogen) atoms. The zero-order valence-corrected chi connectivity index (χ0v) is 22.7. The van der Waals surface area contributed by atoms with Gasteiger partial charge in [0, 0.05) is 57.7 Å². The van der Waals surface area contributed by atoms with Crippen molar-refractivity contribution in [3.05, 3.63) is 48.0 Å². The van der Waals surface area contributed by atoms with Crippen LogP contribution >= 0.6 is 0 Å². The largest absolute Gasteiger partial charge is 0.450 e. The smallest absolute Gasteiger partial charge is 0.409 e. The Morgan fingerprint density at radius 1 is 0.974 bits per heavy atom. The van der Waals surface area contributed by atoms with Crippen molar-refractivity contribution in [2.24, 2.45) is 0 Å². The first kappa shape index (κ1) is 26.2. The van der Waals surface area contributed by atoms with E-state index < -0.39 is 0 Å². The number of hydrogen-bond donors (Lipinski definition) is 1. The molecule has 3 heterocycles. The third kappa shape index (κ3) is 5.14. The van der Waals surface area contributed by atoms with E-state index in [4.69, 9.17) is 4.74 Å². The van der Waals surface area contributed by atoms with Gasteiger partial charge in [-0.1, -0.05) is 18.2 Å². The maximum atomic E-state index is 12.6. The maximum Gasteiger partial charge on any atom is 0.409 e. The molecule has 3 amide bonds. The lowest BCUT2D eigenvalue weighted by Crippen LogP contribution is -2.52. The molecule has 3 aliphatic rings. The summed E-state index contributed by atoms with van der Waals surface area (Å²) in [5.41, 5.74) is 5.25. The highest BCUT2D eigenvalue weighted by Gasteiger charge is 2.46. The van der Waals surface area contributed by atoms with Crippen LogP contribution in [0.1, 0.15) is 53.4 Å².